The molecule has 0 aliphatic rings. The van der Waals surface area contributed by atoms with Gasteiger partial charge in [0.05, 0.1) is 11.1 Å². The first kappa shape index (κ1) is 18.4. The van der Waals surface area contributed by atoms with Crippen LogP contribution in [0.25, 0.3) is 11.0 Å². The quantitative estimate of drug-likeness (QED) is 0.468. The van der Waals surface area contributed by atoms with Crippen LogP contribution in [0.5, 0.6) is 0 Å². The molecule has 0 atom stereocenters. The number of para-hydroxylation sites is 1. The molecule has 0 saturated heterocycles. The Morgan fingerprint density at radius 2 is 1.69 bits per heavy atom. The summed E-state index contributed by atoms with van der Waals surface area (Å²) in [6, 6.07) is 20.2. The van der Waals surface area contributed by atoms with Gasteiger partial charge < -0.3 is 10.1 Å². The van der Waals surface area contributed by atoms with Crippen LogP contribution in [0.15, 0.2) is 66.7 Å². The van der Waals surface area contributed by atoms with Crippen LogP contribution < -0.4 is 5.32 Å². The molecule has 0 bridgehead atoms. The van der Waals surface area contributed by atoms with Crippen molar-refractivity contribution in [2.24, 2.45) is 0 Å². The summed E-state index contributed by atoms with van der Waals surface area (Å²) in [7, 11) is 0. The van der Waals surface area contributed by atoms with Crippen molar-refractivity contribution in [3.63, 3.8) is 0 Å². The van der Waals surface area contributed by atoms with Crippen LogP contribution in [0.2, 0.25) is 0 Å². The topological polar surface area (TPSA) is 108 Å². The number of aromatic amines is 1. The van der Waals surface area contributed by atoms with E-state index in [1.807, 2.05) is 24.3 Å². The van der Waals surface area contributed by atoms with Crippen molar-refractivity contribution in [2.45, 2.75) is 12.8 Å². The Hall–Kier alpha value is -4.00. The highest BCUT2D eigenvalue weighted by Crippen LogP contribution is 2.19. The third-order valence-electron chi connectivity index (χ3n) is 4.53. The maximum Gasteiger partial charge on any atom is 0.337 e. The Bertz CT molecular complexity index is 1190. The Balaban J connectivity index is 1.49. The third-order valence-corrected chi connectivity index (χ3v) is 4.53. The zero-order chi connectivity index (χ0) is 20.2. The molecule has 7 nitrogen and oxygen atoms in total. The normalized spacial score (nSPS) is 10.8. The zero-order valence-electron chi connectivity index (χ0n) is 15.4. The number of aromatic carboxylic acids is 1. The number of aromatic nitrogens is 3. The summed E-state index contributed by atoms with van der Waals surface area (Å²) in [5, 5.41) is 11.9. The largest absolute Gasteiger partial charge is 0.478 e. The first-order valence-corrected chi connectivity index (χ1v) is 9.13. The van der Waals surface area contributed by atoms with Gasteiger partial charge in [0.25, 0.3) is 5.91 Å². The number of carbonyl (C=O) groups is 2. The van der Waals surface area contributed by atoms with Crippen LogP contribution >= 0.6 is 0 Å². The number of carbonyl (C=O) groups excluding carboxylic acids is 1. The van der Waals surface area contributed by atoms with Gasteiger partial charge in [0.15, 0.2) is 0 Å². The van der Waals surface area contributed by atoms with E-state index in [0.717, 1.165) is 18.5 Å². The Morgan fingerprint density at radius 3 is 2.48 bits per heavy atom. The van der Waals surface area contributed by atoms with Crippen molar-refractivity contribution in [3.8, 4) is 0 Å². The number of aryl methyl sites for hydroxylation is 2. The smallest absolute Gasteiger partial charge is 0.337 e. The van der Waals surface area contributed by atoms with Crippen molar-refractivity contribution in [1.29, 1.82) is 0 Å². The van der Waals surface area contributed by atoms with Crippen LogP contribution in [0.4, 0.5) is 5.95 Å². The van der Waals surface area contributed by atoms with Gasteiger partial charge in [0.2, 0.25) is 5.95 Å². The molecule has 0 aliphatic heterocycles. The molecule has 2 heterocycles. The summed E-state index contributed by atoms with van der Waals surface area (Å²) in [4.78, 5) is 35.5. The molecule has 7 heteroatoms. The molecule has 2 aromatic heterocycles. The minimum atomic E-state index is -1.08. The van der Waals surface area contributed by atoms with Gasteiger partial charge in [-0.05, 0) is 42.7 Å². The summed E-state index contributed by atoms with van der Waals surface area (Å²) >= 11 is 0. The second kappa shape index (κ2) is 7.93. The number of hydrogen-bond donors (Lipinski definition) is 3. The monoisotopic (exact) mass is 386 g/mol. The molecule has 0 unspecified atom stereocenters. The van der Waals surface area contributed by atoms with E-state index in [4.69, 9.17) is 0 Å². The molecule has 1 amide bonds. The van der Waals surface area contributed by atoms with Gasteiger partial charge in [0, 0.05) is 5.69 Å². The number of amides is 1. The van der Waals surface area contributed by atoms with Gasteiger partial charge in [-0.25, -0.2) is 14.8 Å². The van der Waals surface area contributed by atoms with E-state index in [9.17, 15) is 14.7 Å². The van der Waals surface area contributed by atoms with Crippen molar-refractivity contribution < 1.29 is 14.7 Å². The molecule has 0 aliphatic carbocycles. The SMILES string of the molecule is O=C(Nc1nc2c(C(=O)O)cccc2[nH]1)c1cccc(CCc2ccccc2)n1. The van der Waals surface area contributed by atoms with E-state index in [1.54, 1.807) is 24.3 Å². The number of H-pyrrole nitrogens is 1. The summed E-state index contributed by atoms with van der Waals surface area (Å²) in [5.41, 5.74) is 3.19. The number of fused-ring (bicyclic) bond motifs is 1. The minimum Gasteiger partial charge on any atom is -0.478 e. The van der Waals surface area contributed by atoms with Crippen LogP contribution in [0.1, 0.15) is 32.1 Å². The number of carboxylic acid groups (broad SMARTS) is 1. The van der Waals surface area contributed by atoms with Gasteiger partial charge in [-0.1, -0.05) is 42.5 Å². The van der Waals surface area contributed by atoms with Crippen LogP contribution in [0, 0.1) is 0 Å². The van der Waals surface area contributed by atoms with Gasteiger partial charge in [0.1, 0.15) is 11.2 Å². The summed E-state index contributed by atoms with van der Waals surface area (Å²) < 4.78 is 0. The number of hydrogen-bond acceptors (Lipinski definition) is 4. The van der Waals surface area contributed by atoms with E-state index in [-0.39, 0.29) is 17.2 Å². The summed E-state index contributed by atoms with van der Waals surface area (Å²) in [6.07, 6.45) is 1.55. The number of rotatable bonds is 6. The summed E-state index contributed by atoms with van der Waals surface area (Å²) in [6.45, 7) is 0. The van der Waals surface area contributed by atoms with E-state index in [0.29, 0.717) is 11.0 Å². The molecule has 4 aromatic rings. The van der Waals surface area contributed by atoms with Gasteiger partial charge >= 0.3 is 5.97 Å². The maximum atomic E-state index is 12.6. The van der Waals surface area contributed by atoms with Crippen molar-refractivity contribution in [3.05, 3.63) is 89.2 Å². The minimum absolute atomic E-state index is 0.0697. The van der Waals surface area contributed by atoms with Crippen LogP contribution in [-0.4, -0.2) is 31.9 Å². The standard InChI is InChI=1S/C22H18N4O3/c27-20(26-22-24-17-10-5-9-16(21(28)29)19(17)25-22)18-11-4-8-15(23-18)13-12-14-6-2-1-3-7-14/h1-11H,12-13H2,(H,28,29)(H2,24,25,26,27). The van der Waals surface area contributed by atoms with Gasteiger partial charge in [-0.15, -0.1) is 0 Å². The second-order valence-electron chi connectivity index (χ2n) is 6.55. The van der Waals surface area contributed by atoms with E-state index in [1.165, 1.54) is 11.6 Å². The number of carboxylic acids is 1. The number of benzene rings is 2. The van der Waals surface area contributed by atoms with Gasteiger partial charge in [-0.3, -0.25) is 10.1 Å². The molecule has 0 radical (unpaired) electrons. The number of imidazole rings is 1. The number of pyridine rings is 1. The average molecular weight is 386 g/mol. The average Bonchev–Trinajstić information content (AvgIpc) is 3.15. The van der Waals surface area contributed by atoms with Crippen LogP contribution in [0.3, 0.4) is 0 Å². The molecule has 4 rings (SSSR count). The predicted molar refractivity (Wildman–Crippen MR) is 109 cm³/mol. The molecule has 29 heavy (non-hydrogen) atoms. The number of nitrogens with zero attached hydrogens (tertiary/aromatic N) is 2. The first-order valence-electron chi connectivity index (χ1n) is 9.13. The Morgan fingerprint density at radius 1 is 0.897 bits per heavy atom. The maximum absolute atomic E-state index is 12.6. The molecular weight excluding hydrogens is 368 g/mol. The van der Waals surface area contributed by atoms with Crippen molar-refractivity contribution in [1.82, 2.24) is 15.0 Å². The van der Waals surface area contributed by atoms with Crippen molar-refractivity contribution >= 4 is 28.9 Å². The van der Waals surface area contributed by atoms with E-state index < -0.39 is 11.9 Å². The molecule has 3 N–H and O–H groups in total. The fourth-order valence-corrected chi connectivity index (χ4v) is 3.10. The molecule has 0 fully saturated rings. The van der Waals surface area contributed by atoms with Gasteiger partial charge in [-0.2, -0.15) is 0 Å². The third kappa shape index (κ3) is 4.14. The fourth-order valence-electron chi connectivity index (χ4n) is 3.10. The predicted octanol–water partition coefficient (Wildman–Crippen LogP) is 3.69. The Kier molecular flexibility index (Phi) is 5.03. The number of nitrogens with one attached hydrogen (secondary N) is 2. The highest BCUT2D eigenvalue weighted by atomic mass is 16.4. The molecule has 0 saturated carbocycles. The first-order chi connectivity index (χ1) is 14.1. The molecule has 2 aromatic carbocycles. The number of anilines is 1. The molecule has 0 spiro atoms. The second-order valence-corrected chi connectivity index (χ2v) is 6.55. The molecule has 144 valence electrons. The summed E-state index contributed by atoms with van der Waals surface area (Å²) in [5.74, 6) is -1.31. The lowest BCUT2D eigenvalue weighted by Crippen LogP contribution is -2.15. The zero-order valence-corrected chi connectivity index (χ0v) is 15.4. The highest BCUT2D eigenvalue weighted by Gasteiger charge is 2.15. The lowest BCUT2D eigenvalue weighted by molar-refractivity contribution is 0.0698. The lowest BCUT2D eigenvalue weighted by Gasteiger charge is -2.05. The van der Waals surface area contributed by atoms with Crippen LogP contribution in [-0.2, 0) is 12.8 Å². The van der Waals surface area contributed by atoms with E-state index in [2.05, 4.69) is 32.4 Å². The van der Waals surface area contributed by atoms with Crippen molar-refractivity contribution in [2.75, 3.05) is 5.32 Å². The highest BCUT2D eigenvalue weighted by molar-refractivity contribution is 6.04. The molecular formula is C22H18N4O3. The lowest BCUT2D eigenvalue weighted by atomic mass is 10.1. The fraction of sp³-hybridized carbons (Fsp3) is 0.0909. The Labute approximate surface area is 166 Å². The van der Waals surface area contributed by atoms with E-state index >= 15 is 0 Å².